The maximum atomic E-state index is 15.2. The number of pyridine rings is 1. The second-order valence-corrected chi connectivity index (χ2v) is 9.24. The monoisotopic (exact) mass is 450 g/mol. The fourth-order valence-corrected chi connectivity index (χ4v) is 4.87. The van der Waals surface area contributed by atoms with Crippen molar-refractivity contribution in [2.24, 2.45) is 22.6 Å². The van der Waals surface area contributed by atoms with Gasteiger partial charge in [-0.05, 0) is 49.1 Å². The molecular weight excluding hydrogens is 423 g/mol. The van der Waals surface area contributed by atoms with Gasteiger partial charge in [0.15, 0.2) is 5.78 Å². The summed E-state index contributed by atoms with van der Waals surface area (Å²) in [7, 11) is 0. The number of nitrogens with two attached hydrogens (primary N) is 1. The SMILES string of the molecule is CC(C)C[C@@H]1OC[C@H]2OC(N)=N[C@](C)(c3cc(CC(=O)c4ccc(C#N)cn4)ccc3F)[C@@H]12. The topological polar surface area (TPSA) is 111 Å². The summed E-state index contributed by atoms with van der Waals surface area (Å²) in [6, 6.07) is 9.68. The number of carbonyl (C=O) groups excluding carboxylic acids is 1. The van der Waals surface area contributed by atoms with Gasteiger partial charge in [0.05, 0.1) is 24.2 Å². The van der Waals surface area contributed by atoms with Crippen LogP contribution in [0.5, 0.6) is 0 Å². The van der Waals surface area contributed by atoms with E-state index in [1.165, 1.54) is 18.3 Å². The number of halogens is 1. The van der Waals surface area contributed by atoms with Crippen molar-refractivity contribution in [3.63, 3.8) is 0 Å². The Balaban J connectivity index is 1.67. The van der Waals surface area contributed by atoms with Crippen molar-refractivity contribution in [1.29, 1.82) is 5.26 Å². The number of aliphatic imine (C=N–C) groups is 1. The molecule has 2 aromatic rings. The van der Waals surface area contributed by atoms with Crippen molar-refractivity contribution in [2.45, 2.75) is 51.4 Å². The molecule has 0 aliphatic carbocycles. The van der Waals surface area contributed by atoms with Crippen LogP contribution in [-0.4, -0.2) is 35.6 Å². The number of carbonyl (C=O) groups is 1. The summed E-state index contributed by atoms with van der Waals surface area (Å²) < 4.78 is 27.0. The van der Waals surface area contributed by atoms with Gasteiger partial charge < -0.3 is 15.2 Å². The molecule has 2 N–H and O–H groups in total. The Kier molecular flexibility index (Phi) is 6.17. The number of rotatable bonds is 6. The lowest BCUT2D eigenvalue weighted by Gasteiger charge is -2.41. The summed E-state index contributed by atoms with van der Waals surface area (Å²) in [6.45, 7) is 6.45. The minimum absolute atomic E-state index is 0.00945. The summed E-state index contributed by atoms with van der Waals surface area (Å²) in [5.41, 5.74) is 6.61. The molecule has 0 unspecified atom stereocenters. The molecular formula is C25H27FN4O3. The van der Waals surface area contributed by atoms with Crippen LogP contribution in [-0.2, 0) is 21.4 Å². The predicted molar refractivity (Wildman–Crippen MR) is 120 cm³/mol. The molecule has 2 aliphatic rings. The van der Waals surface area contributed by atoms with Crippen LogP contribution in [0.25, 0.3) is 0 Å². The molecule has 1 aromatic carbocycles. The minimum atomic E-state index is -1.00. The molecule has 0 radical (unpaired) electrons. The van der Waals surface area contributed by atoms with Crippen LogP contribution < -0.4 is 5.73 Å². The fourth-order valence-electron chi connectivity index (χ4n) is 4.87. The quantitative estimate of drug-likeness (QED) is 0.675. The number of nitrogens with zero attached hydrogens (tertiary/aromatic N) is 3. The van der Waals surface area contributed by atoms with Gasteiger partial charge in [0.2, 0.25) is 0 Å². The smallest absolute Gasteiger partial charge is 0.283 e. The van der Waals surface area contributed by atoms with E-state index in [1.54, 1.807) is 18.2 Å². The number of nitriles is 1. The van der Waals surface area contributed by atoms with E-state index in [1.807, 2.05) is 13.0 Å². The second kappa shape index (κ2) is 8.91. The molecule has 0 spiro atoms. The number of ether oxygens (including phenoxy) is 2. The van der Waals surface area contributed by atoms with E-state index >= 15 is 4.39 Å². The van der Waals surface area contributed by atoms with Gasteiger partial charge in [-0.1, -0.05) is 19.9 Å². The van der Waals surface area contributed by atoms with Crippen LogP contribution in [0.4, 0.5) is 4.39 Å². The summed E-state index contributed by atoms with van der Waals surface area (Å²) in [5.74, 6) is -0.475. The highest BCUT2D eigenvalue weighted by Gasteiger charge is 2.54. The number of amidine groups is 1. The van der Waals surface area contributed by atoms with Crippen LogP contribution in [0.3, 0.4) is 0 Å². The number of benzene rings is 1. The minimum Gasteiger partial charge on any atom is -0.459 e. The average Bonchev–Trinajstić information content (AvgIpc) is 3.17. The zero-order chi connectivity index (χ0) is 23.8. The van der Waals surface area contributed by atoms with Crippen LogP contribution >= 0.6 is 0 Å². The highest BCUT2D eigenvalue weighted by molar-refractivity contribution is 5.95. The summed E-state index contributed by atoms with van der Waals surface area (Å²) >= 11 is 0. The largest absolute Gasteiger partial charge is 0.459 e. The highest BCUT2D eigenvalue weighted by atomic mass is 19.1. The Morgan fingerprint density at radius 3 is 2.82 bits per heavy atom. The fraction of sp³-hybridized carbons (Fsp3) is 0.440. The first-order valence-electron chi connectivity index (χ1n) is 11.0. The summed E-state index contributed by atoms with van der Waals surface area (Å²) in [4.78, 5) is 21.4. The van der Waals surface area contributed by atoms with Gasteiger partial charge in [0.1, 0.15) is 29.2 Å². The van der Waals surface area contributed by atoms with E-state index in [0.717, 1.165) is 6.42 Å². The van der Waals surface area contributed by atoms with Gasteiger partial charge >= 0.3 is 0 Å². The molecule has 1 aromatic heterocycles. The normalized spacial score (nSPS) is 26.3. The van der Waals surface area contributed by atoms with Crippen molar-refractivity contribution >= 4 is 11.8 Å². The summed E-state index contributed by atoms with van der Waals surface area (Å²) in [5, 5.41) is 8.91. The molecule has 3 heterocycles. The van der Waals surface area contributed by atoms with Gasteiger partial charge in [0, 0.05) is 18.2 Å². The van der Waals surface area contributed by atoms with Gasteiger partial charge in [-0.3, -0.25) is 9.78 Å². The number of Topliss-reactive ketones (excluding diaryl/α,β-unsaturated/α-hetero) is 1. The van der Waals surface area contributed by atoms with E-state index in [2.05, 4.69) is 23.8 Å². The maximum absolute atomic E-state index is 15.2. The standard InChI is InChI=1S/C25H27FN4O3/c1-14(2)8-21-23-22(13-32-21)33-24(28)30-25(23,3)17-9-15(4-6-18(17)26)10-20(31)19-7-5-16(11-27)12-29-19/h4-7,9,12,14,21-23H,8,10,13H2,1-3H3,(H2,28,30)/t21-,22+,23-,25+/m0/s1. The first-order valence-corrected chi connectivity index (χ1v) is 11.0. The molecule has 4 atom stereocenters. The lowest BCUT2D eigenvalue weighted by molar-refractivity contribution is 0.0433. The van der Waals surface area contributed by atoms with E-state index in [-0.39, 0.29) is 42.0 Å². The van der Waals surface area contributed by atoms with E-state index in [4.69, 9.17) is 20.5 Å². The lowest BCUT2D eigenvalue weighted by Crippen LogP contribution is -2.49. The van der Waals surface area contributed by atoms with Crippen molar-refractivity contribution in [3.8, 4) is 6.07 Å². The molecule has 0 amide bonds. The molecule has 1 saturated heterocycles. The van der Waals surface area contributed by atoms with Gasteiger partial charge in [0.25, 0.3) is 6.02 Å². The molecule has 0 saturated carbocycles. The maximum Gasteiger partial charge on any atom is 0.283 e. The Hall–Kier alpha value is -3.31. The predicted octanol–water partition coefficient (Wildman–Crippen LogP) is 3.51. The zero-order valence-electron chi connectivity index (χ0n) is 18.9. The van der Waals surface area contributed by atoms with E-state index in [0.29, 0.717) is 29.2 Å². The van der Waals surface area contributed by atoms with Crippen LogP contribution in [0.15, 0.2) is 41.5 Å². The van der Waals surface area contributed by atoms with Crippen LogP contribution in [0, 0.1) is 29.0 Å². The number of ketones is 1. The molecule has 2 aliphatic heterocycles. The molecule has 172 valence electrons. The third kappa shape index (κ3) is 4.46. The van der Waals surface area contributed by atoms with Crippen LogP contribution in [0.2, 0.25) is 0 Å². The summed E-state index contributed by atoms with van der Waals surface area (Å²) in [6.07, 6.45) is 1.73. The Labute approximate surface area is 192 Å². The van der Waals surface area contributed by atoms with Gasteiger partial charge in [-0.25, -0.2) is 9.38 Å². The third-order valence-electron chi connectivity index (χ3n) is 6.36. The lowest BCUT2D eigenvalue weighted by atomic mass is 9.72. The molecule has 33 heavy (non-hydrogen) atoms. The number of hydrogen-bond donors (Lipinski definition) is 1. The van der Waals surface area contributed by atoms with Crippen LogP contribution in [0.1, 0.15) is 54.4 Å². The number of fused-ring (bicyclic) bond motifs is 1. The van der Waals surface area contributed by atoms with Gasteiger partial charge in [-0.2, -0.15) is 5.26 Å². The average molecular weight is 451 g/mol. The first-order chi connectivity index (χ1) is 15.7. The Morgan fingerprint density at radius 2 is 2.15 bits per heavy atom. The number of hydrogen-bond acceptors (Lipinski definition) is 7. The second-order valence-electron chi connectivity index (χ2n) is 9.24. The van der Waals surface area contributed by atoms with E-state index < -0.39 is 11.4 Å². The zero-order valence-corrected chi connectivity index (χ0v) is 18.9. The Morgan fingerprint density at radius 1 is 1.36 bits per heavy atom. The van der Waals surface area contributed by atoms with E-state index in [9.17, 15) is 4.79 Å². The first kappa shape index (κ1) is 22.9. The van der Waals surface area contributed by atoms with Gasteiger partial charge in [-0.15, -0.1) is 0 Å². The van der Waals surface area contributed by atoms with Crippen molar-refractivity contribution in [1.82, 2.24) is 4.98 Å². The molecule has 0 bridgehead atoms. The molecule has 1 fully saturated rings. The van der Waals surface area contributed by atoms with Crippen molar-refractivity contribution in [3.05, 3.63) is 64.7 Å². The molecule has 8 heteroatoms. The third-order valence-corrected chi connectivity index (χ3v) is 6.36. The van der Waals surface area contributed by atoms with Crippen molar-refractivity contribution in [2.75, 3.05) is 6.61 Å². The molecule has 4 rings (SSSR count). The number of aromatic nitrogens is 1. The molecule has 7 nitrogen and oxygen atoms in total. The Bertz CT molecular complexity index is 1130. The van der Waals surface area contributed by atoms with Crippen molar-refractivity contribution < 1.29 is 18.7 Å². The highest BCUT2D eigenvalue weighted by Crippen LogP contribution is 2.47.